The van der Waals surface area contributed by atoms with E-state index in [-0.39, 0.29) is 13.2 Å². The monoisotopic (exact) mass is 575 g/mol. The molecule has 0 unspecified atom stereocenters. The van der Waals surface area contributed by atoms with Crippen LogP contribution in [-0.4, -0.2) is 103 Å². The third-order valence-electron chi connectivity index (χ3n) is 7.42. The van der Waals surface area contributed by atoms with Gasteiger partial charge in [0.2, 0.25) is 5.91 Å². The summed E-state index contributed by atoms with van der Waals surface area (Å²) in [6, 6.07) is 17.9. The van der Waals surface area contributed by atoms with Crippen molar-refractivity contribution in [1.29, 1.82) is 0 Å². The Labute approximate surface area is 238 Å². The van der Waals surface area contributed by atoms with E-state index in [0.717, 1.165) is 11.1 Å². The number of carbonyl (C=O) groups is 1. The van der Waals surface area contributed by atoms with E-state index in [1.807, 2.05) is 60.7 Å². The van der Waals surface area contributed by atoms with E-state index in [2.05, 4.69) is 5.32 Å². The van der Waals surface area contributed by atoms with Gasteiger partial charge in [-0.05, 0) is 5.56 Å². The highest BCUT2D eigenvalue weighted by Gasteiger charge is 2.54. The van der Waals surface area contributed by atoms with Crippen molar-refractivity contribution in [2.24, 2.45) is 0 Å². The lowest BCUT2D eigenvalue weighted by molar-refractivity contribution is -0.389. The molecule has 1 amide bonds. The molecule has 5 rings (SSSR count). The first kappa shape index (κ1) is 30.0. The van der Waals surface area contributed by atoms with Gasteiger partial charge in [-0.25, -0.2) is 0 Å². The fourth-order valence-electron chi connectivity index (χ4n) is 5.36. The van der Waals surface area contributed by atoms with Crippen LogP contribution >= 0.6 is 0 Å². The number of carbonyl (C=O) groups excluding carboxylic acids is 1. The zero-order valence-electron chi connectivity index (χ0n) is 22.9. The normalized spacial score (nSPS) is 37.2. The quantitative estimate of drug-likeness (QED) is 0.328. The van der Waals surface area contributed by atoms with E-state index in [1.54, 1.807) is 0 Å². The predicted octanol–water partition coefficient (Wildman–Crippen LogP) is 0.386. The molecule has 3 saturated heterocycles. The molecule has 12 nitrogen and oxygen atoms in total. The van der Waals surface area contributed by atoms with Crippen LogP contribution in [0.5, 0.6) is 0 Å². The van der Waals surface area contributed by atoms with Crippen LogP contribution in [0.4, 0.5) is 0 Å². The van der Waals surface area contributed by atoms with Gasteiger partial charge in [0.25, 0.3) is 0 Å². The number of hydrogen-bond donors (Lipinski definition) is 4. The summed E-state index contributed by atoms with van der Waals surface area (Å²) in [4.78, 5) is 12.0. The van der Waals surface area contributed by atoms with E-state index in [9.17, 15) is 20.1 Å². The number of amides is 1. The zero-order chi connectivity index (χ0) is 28.9. The van der Waals surface area contributed by atoms with Crippen LogP contribution < -0.4 is 5.32 Å². The Balaban J connectivity index is 1.45. The Morgan fingerprint density at radius 2 is 1.66 bits per heavy atom. The van der Waals surface area contributed by atoms with Gasteiger partial charge in [0, 0.05) is 19.6 Å². The summed E-state index contributed by atoms with van der Waals surface area (Å²) in [5.41, 5.74) is 1.74. The predicted molar refractivity (Wildman–Crippen MR) is 141 cm³/mol. The molecule has 0 spiro atoms. The SMILES string of the molecule is CO[C@H]1O[C@@H]2CO[C@@H](c3ccccc3)O[C@H]2[C@H](OCc2ccccc2)[C@@H]1O[C@@H]1O[C@H](CO)[C@@H](O)[C@H](O)[C@H]1NC(C)=O. The summed E-state index contributed by atoms with van der Waals surface area (Å²) in [7, 11) is 1.45. The van der Waals surface area contributed by atoms with E-state index < -0.39 is 80.2 Å². The van der Waals surface area contributed by atoms with Crippen molar-refractivity contribution in [3.05, 3.63) is 71.8 Å². The Kier molecular flexibility index (Phi) is 9.99. The van der Waals surface area contributed by atoms with Crippen molar-refractivity contribution in [2.75, 3.05) is 20.3 Å². The molecule has 0 bridgehead atoms. The van der Waals surface area contributed by atoms with Crippen molar-refractivity contribution in [1.82, 2.24) is 5.32 Å². The maximum absolute atomic E-state index is 12.0. The van der Waals surface area contributed by atoms with Gasteiger partial charge in [-0.3, -0.25) is 4.79 Å². The number of methoxy groups -OCH3 is 1. The molecule has 2 aromatic carbocycles. The zero-order valence-corrected chi connectivity index (χ0v) is 22.9. The summed E-state index contributed by atoms with van der Waals surface area (Å²) in [5, 5.41) is 33.6. The van der Waals surface area contributed by atoms with Crippen molar-refractivity contribution in [3.8, 4) is 0 Å². The number of rotatable bonds is 9. The molecule has 3 fully saturated rings. The second kappa shape index (κ2) is 13.7. The molecule has 0 radical (unpaired) electrons. The van der Waals surface area contributed by atoms with Crippen LogP contribution in [0.1, 0.15) is 24.3 Å². The molecular weight excluding hydrogens is 538 g/mol. The molecular formula is C29H37NO11. The molecule has 3 aliphatic heterocycles. The van der Waals surface area contributed by atoms with Gasteiger partial charge in [-0.2, -0.15) is 0 Å². The fraction of sp³-hybridized carbons (Fsp3) is 0.552. The lowest BCUT2D eigenvalue weighted by Gasteiger charge is -2.50. The average Bonchev–Trinajstić information content (AvgIpc) is 3.00. The molecule has 12 heteroatoms. The highest BCUT2D eigenvalue weighted by molar-refractivity contribution is 5.73. The highest BCUT2D eigenvalue weighted by Crippen LogP contribution is 2.38. The van der Waals surface area contributed by atoms with Gasteiger partial charge >= 0.3 is 0 Å². The van der Waals surface area contributed by atoms with Crippen LogP contribution in [-0.2, 0) is 44.6 Å². The molecule has 0 aromatic heterocycles. The molecule has 0 saturated carbocycles. The molecule has 2 aromatic rings. The number of hydrogen-bond acceptors (Lipinski definition) is 11. The first-order valence-electron chi connectivity index (χ1n) is 13.6. The molecule has 3 aliphatic rings. The minimum atomic E-state index is -1.49. The van der Waals surface area contributed by atoms with Gasteiger partial charge < -0.3 is 53.8 Å². The number of nitrogens with one attached hydrogen (secondary N) is 1. The standard InChI is InChI=1S/C29H37NO11/c1-16(32)30-21-23(34)22(33)19(13-31)38-28(21)41-26-25(36-14-17-9-5-3-6-10-17)24-20(39-29(26)35-2)15-37-27(40-24)18-11-7-4-8-12-18/h3-12,19-29,31,33-34H,13-15H2,1-2H3,(H,30,32)/t19-,20-,21-,22-,23-,24-,25+,26+,27-,28+,29+/m1/s1. The molecule has 224 valence electrons. The van der Waals surface area contributed by atoms with Crippen LogP contribution in [0.2, 0.25) is 0 Å². The summed E-state index contributed by atoms with van der Waals surface area (Å²) >= 11 is 0. The van der Waals surface area contributed by atoms with Gasteiger partial charge in [0.05, 0.1) is 19.8 Å². The first-order chi connectivity index (χ1) is 19.9. The maximum Gasteiger partial charge on any atom is 0.217 e. The lowest BCUT2D eigenvalue weighted by Crippen LogP contribution is -2.68. The van der Waals surface area contributed by atoms with Crippen molar-refractivity contribution < 1.29 is 53.3 Å². The lowest BCUT2D eigenvalue weighted by atomic mass is 9.95. The van der Waals surface area contributed by atoms with E-state index in [4.69, 9.17) is 33.2 Å². The second-order valence-corrected chi connectivity index (χ2v) is 10.3. The minimum absolute atomic E-state index is 0.202. The van der Waals surface area contributed by atoms with Crippen molar-refractivity contribution in [2.45, 2.75) is 81.2 Å². The van der Waals surface area contributed by atoms with Gasteiger partial charge in [-0.1, -0.05) is 60.7 Å². The Bertz CT molecular complexity index is 1110. The van der Waals surface area contributed by atoms with Crippen molar-refractivity contribution in [3.63, 3.8) is 0 Å². The Morgan fingerprint density at radius 3 is 2.32 bits per heavy atom. The van der Waals surface area contributed by atoms with E-state index in [0.29, 0.717) is 0 Å². The second-order valence-electron chi connectivity index (χ2n) is 10.3. The van der Waals surface area contributed by atoms with Crippen LogP contribution in [0.3, 0.4) is 0 Å². The van der Waals surface area contributed by atoms with E-state index in [1.165, 1.54) is 14.0 Å². The van der Waals surface area contributed by atoms with Crippen LogP contribution in [0.25, 0.3) is 0 Å². The number of benzene rings is 2. The fourth-order valence-corrected chi connectivity index (χ4v) is 5.36. The largest absolute Gasteiger partial charge is 0.394 e. The number of fused-ring (bicyclic) bond motifs is 1. The van der Waals surface area contributed by atoms with E-state index >= 15 is 0 Å². The van der Waals surface area contributed by atoms with Gasteiger partial charge in [0.15, 0.2) is 18.9 Å². The summed E-state index contributed by atoms with van der Waals surface area (Å²) in [6.07, 6.45) is -10.1. The van der Waals surface area contributed by atoms with Crippen LogP contribution in [0, 0.1) is 0 Å². The third kappa shape index (κ3) is 6.78. The molecule has 4 N–H and O–H groups in total. The molecule has 0 aliphatic carbocycles. The third-order valence-corrected chi connectivity index (χ3v) is 7.42. The summed E-state index contributed by atoms with van der Waals surface area (Å²) in [6.45, 7) is 1.10. The average molecular weight is 576 g/mol. The first-order valence-corrected chi connectivity index (χ1v) is 13.6. The summed E-state index contributed by atoms with van der Waals surface area (Å²) in [5.74, 6) is -0.473. The number of aliphatic hydroxyl groups excluding tert-OH is 3. The molecule has 41 heavy (non-hydrogen) atoms. The highest BCUT2D eigenvalue weighted by atomic mass is 16.8. The number of aliphatic hydroxyl groups is 3. The topological polar surface area (TPSA) is 154 Å². The Hall–Kier alpha value is -2.49. The van der Waals surface area contributed by atoms with Gasteiger partial charge in [-0.15, -0.1) is 0 Å². The molecule has 11 atom stereocenters. The maximum atomic E-state index is 12.0. The smallest absolute Gasteiger partial charge is 0.217 e. The van der Waals surface area contributed by atoms with Crippen LogP contribution in [0.15, 0.2) is 60.7 Å². The van der Waals surface area contributed by atoms with Gasteiger partial charge in [0.1, 0.15) is 48.8 Å². The number of ether oxygens (including phenoxy) is 7. The minimum Gasteiger partial charge on any atom is -0.394 e. The molecule has 3 heterocycles. The summed E-state index contributed by atoms with van der Waals surface area (Å²) < 4.78 is 42.9. The van der Waals surface area contributed by atoms with Crippen molar-refractivity contribution >= 4 is 5.91 Å². The Morgan fingerprint density at radius 1 is 0.951 bits per heavy atom.